The van der Waals surface area contributed by atoms with Crippen molar-refractivity contribution in [2.75, 3.05) is 25.2 Å². The van der Waals surface area contributed by atoms with E-state index in [0.717, 1.165) is 11.3 Å². The highest BCUT2D eigenvalue weighted by Crippen LogP contribution is 2.34. The average molecular weight is 468 g/mol. The molecule has 0 radical (unpaired) electrons. The van der Waals surface area contributed by atoms with Crippen LogP contribution in [0.15, 0.2) is 42.0 Å². The van der Waals surface area contributed by atoms with Crippen molar-refractivity contribution in [3.63, 3.8) is 0 Å². The Morgan fingerprint density at radius 3 is 2.41 bits per heavy atom. The molecule has 1 heterocycles. The van der Waals surface area contributed by atoms with Gasteiger partial charge < -0.3 is 19.3 Å². The molecule has 0 atom stereocenters. The molecule has 178 valence electrons. The quantitative estimate of drug-likeness (QED) is 0.424. The van der Waals surface area contributed by atoms with Crippen LogP contribution < -0.4 is 24.4 Å². The van der Waals surface area contributed by atoms with E-state index in [9.17, 15) is 24.3 Å². The summed E-state index contributed by atoms with van der Waals surface area (Å²) in [5.41, 5.74) is -0.0404. The Kier molecular flexibility index (Phi) is 7.52. The first kappa shape index (κ1) is 24.3. The summed E-state index contributed by atoms with van der Waals surface area (Å²) < 4.78 is 16.3. The third kappa shape index (κ3) is 5.01. The van der Waals surface area contributed by atoms with Crippen LogP contribution in [0, 0.1) is 0 Å². The van der Waals surface area contributed by atoms with Crippen molar-refractivity contribution in [2.24, 2.45) is 0 Å². The summed E-state index contributed by atoms with van der Waals surface area (Å²) in [6.07, 6.45) is 2.00. The Morgan fingerprint density at radius 1 is 1.03 bits per heavy atom. The lowest BCUT2D eigenvalue weighted by Crippen LogP contribution is -2.54. The van der Waals surface area contributed by atoms with E-state index in [2.05, 4.69) is 5.32 Å². The van der Waals surface area contributed by atoms with Gasteiger partial charge in [0.15, 0.2) is 11.5 Å². The number of nitrogens with one attached hydrogen (secondary N) is 1. The Morgan fingerprint density at radius 2 is 1.76 bits per heavy atom. The second-order valence-corrected chi connectivity index (χ2v) is 7.14. The lowest BCUT2D eigenvalue weighted by molar-refractivity contribution is -0.122. The Balaban J connectivity index is 2.00. The predicted molar refractivity (Wildman–Crippen MR) is 122 cm³/mol. The molecule has 2 N–H and O–H groups in total. The van der Waals surface area contributed by atoms with Crippen molar-refractivity contribution in [1.29, 1.82) is 0 Å². The number of nitrogens with zero attached hydrogens (tertiary/aromatic N) is 1. The van der Waals surface area contributed by atoms with E-state index >= 15 is 0 Å². The fourth-order valence-corrected chi connectivity index (χ4v) is 3.28. The minimum atomic E-state index is -1.23. The van der Waals surface area contributed by atoms with E-state index in [0.29, 0.717) is 24.7 Å². The molecule has 0 aromatic heterocycles. The zero-order valence-corrected chi connectivity index (χ0v) is 18.9. The van der Waals surface area contributed by atoms with Crippen molar-refractivity contribution in [2.45, 2.75) is 20.3 Å². The molecular weight excluding hydrogens is 444 g/mol. The molecule has 4 amide bonds. The van der Waals surface area contributed by atoms with Crippen molar-refractivity contribution in [3.8, 4) is 17.2 Å². The van der Waals surface area contributed by atoms with Crippen molar-refractivity contribution >= 4 is 35.6 Å². The van der Waals surface area contributed by atoms with Crippen LogP contribution in [-0.2, 0) is 9.59 Å². The summed E-state index contributed by atoms with van der Waals surface area (Å²) in [5.74, 6) is -2.07. The molecule has 1 aliphatic heterocycles. The second kappa shape index (κ2) is 10.5. The summed E-state index contributed by atoms with van der Waals surface area (Å²) in [6, 6.07) is 7.82. The number of amides is 4. The van der Waals surface area contributed by atoms with Gasteiger partial charge in [-0.1, -0.05) is 13.0 Å². The molecule has 2 aromatic rings. The van der Waals surface area contributed by atoms with Gasteiger partial charge in [0.05, 0.1) is 26.0 Å². The lowest BCUT2D eigenvalue weighted by Gasteiger charge is -2.27. The van der Waals surface area contributed by atoms with Crippen LogP contribution in [0.4, 0.5) is 10.5 Å². The van der Waals surface area contributed by atoms with Gasteiger partial charge in [-0.05, 0) is 49.2 Å². The normalized spacial score (nSPS) is 14.7. The van der Waals surface area contributed by atoms with Gasteiger partial charge in [-0.15, -0.1) is 0 Å². The van der Waals surface area contributed by atoms with Gasteiger partial charge in [-0.2, -0.15) is 0 Å². The maximum atomic E-state index is 13.2. The first-order chi connectivity index (χ1) is 16.3. The number of carbonyl (C=O) groups is 4. The zero-order chi connectivity index (χ0) is 24.8. The first-order valence-electron chi connectivity index (χ1n) is 10.5. The summed E-state index contributed by atoms with van der Waals surface area (Å²) in [5, 5.41) is 11.5. The average Bonchev–Trinajstić information content (AvgIpc) is 2.81. The minimum Gasteiger partial charge on any atom is -0.496 e. The van der Waals surface area contributed by atoms with Crippen molar-refractivity contribution in [1.82, 2.24) is 5.32 Å². The number of carboxylic acids is 1. The minimum absolute atomic E-state index is 0.125. The van der Waals surface area contributed by atoms with Crippen molar-refractivity contribution in [3.05, 3.63) is 53.1 Å². The number of rotatable bonds is 9. The molecule has 0 unspecified atom stereocenters. The first-order valence-corrected chi connectivity index (χ1v) is 10.5. The number of ether oxygens (including phenoxy) is 3. The van der Waals surface area contributed by atoms with Crippen LogP contribution in [-0.4, -0.2) is 49.2 Å². The molecule has 1 fully saturated rings. The summed E-state index contributed by atoms with van der Waals surface area (Å²) >= 11 is 0. The van der Waals surface area contributed by atoms with E-state index in [1.54, 1.807) is 13.0 Å². The van der Waals surface area contributed by atoms with Gasteiger partial charge in [0, 0.05) is 6.07 Å². The fourth-order valence-electron chi connectivity index (χ4n) is 3.28. The number of imide groups is 2. The highest BCUT2D eigenvalue weighted by Gasteiger charge is 2.37. The number of carbonyl (C=O) groups excluding carboxylic acids is 3. The highest BCUT2D eigenvalue weighted by molar-refractivity contribution is 6.39. The molecule has 1 aliphatic rings. The number of aromatic carboxylic acids is 1. The van der Waals surface area contributed by atoms with Gasteiger partial charge in [-0.25, -0.2) is 14.5 Å². The Labute approximate surface area is 195 Å². The second-order valence-electron chi connectivity index (χ2n) is 7.14. The van der Waals surface area contributed by atoms with Crippen LogP contribution in [0.3, 0.4) is 0 Å². The number of methoxy groups -OCH3 is 1. The Hall–Kier alpha value is -4.34. The molecule has 2 aromatic carbocycles. The molecule has 34 heavy (non-hydrogen) atoms. The van der Waals surface area contributed by atoms with E-state index in [-0.39, 0.29) is 28.1 Å². The highest BCUT2D eigenvalue weighted by atomic mass is 16.5. The number of hydrogen-bond acceptors (Lipinski definition) is 7. The SMILES string of the molecule is CCCOc1ccc(N2C(=O)NC(=O)/C(=C\c3ccc(OC)c(C(=O)O)c3)C2=O)cc1OCC. The van der Waals surface area contributed by atoms with Crippen LogP contribution in [0.2, 0.25) is 0 Å². The molecule has 0 saturated carbocycles. The largest absolute Gasteiger partial charge is 0.496 e. The number of hydrogen-bond donors (Lipinski definition) is 2. The van der Waals surface area contributed by atoms with Gasteiger partial charge >= 0.3 is 12.0 Å². The smallest absolute Gasteiger partial charge is 0.339 e. The fraction of sp³-hybridized carbons (Fsp3) is 0.250. The van der Waals surface area contributed by atoms with E-state index in [4.69, 9.17) is 14.2 Å². The van der Waals surface area contributed by atoms with Gasteiger partial charge in [0.1, 0.15) is 16.9 Å². The molecule has 10 nitrogen and oxygen atoms in total. The van der Waals surface area contributed by atoms with E-state index in [1.165, 1.54) is 43.5 Å². The maximum Gasteiger partial charge on any atom is 0.339 e. The molecule has 10 heteroatoms. The topological polar surface area (TPSA) is 131 Å². The van der Waals surface area contributed by atoms with Crippen LogP contribution in [0.1, 0.15) is 36.2 Å². The monoisotopic (exact) mass is 468 g/mol. The molecular formula is C24H24N2O8. The number of carboxylic acid groups (broad SMARTS) is 1. The summed E-state index contributed by atoms with van der Waals surface area (Å²) in [4.78, 5) is 50.5. The molecule has 0 spiro atoms. The van der Waals surface area contributed by atoms with Crippen LogP contribution in [0.25, 0.3) is 6.08 Å². The number of barbiturate groups is 1. The van der Waals surface area contributed by atoms with Crippen LogP contribution in [0.5, 0.6) is 17.2 Å². The number of urea groups is 1. The Bertz CT molecular complexity index is 1170. The van der Waals surface area contributed by atoms with Gasteiger partial charge in [-0.3, -0.25) is 14.9 Å². The van der Waals surface area contributed by atoms with Gasteiger partial charge in [0.25, 0.3) is 11.8 Å². The third-order valence-electron chi connectivity index (χ3n) is 4.81. The predicted octanol–water partition coefficient (Wildman–Crippen LogP) is 3.25. The lowest BCUT2D eigenvalue weighted by atomic mass is 10.0. The number of benzene rings is 2. The molecule has 0 bridgehead atoms. The van der Waals surface area contributed by atoms with Crippen molar-refractivity contribution < 1.29 is 38.5 Å². The molecule has 0 aliphatic carbocycles. The summed E-state index contributed by atoms with van der Waals surface area (Å²) in [6.45, 7) is 4.54. The number of anilines is 1. The maximum absolute atomic E-state index is 13.2. The third-order valence-corrected chi connectivity index (χ3v) is 4.81. The molecule has 1 saturated heterocycles. The van der Waals surface area contributed by atoms with Crippen LogP contribution >= 0.6 is 0 Å². The molecule has 3 rings (SSSR count). The zero-order valence-electron chi connectivity index (χ0n) is 18.9. The summed E-state index contributed by atoms with van der Waals surface area (Å²) in [7, 11) is 1.33. The van der Waals surface area contributed by atoms with E-state index in [1.807, 2.05) is 6.92 Å². The van der Waals surface area contributed by atoms with E-state index < -0.39 is 23.8 Å². The van der Waals surface area contributed by atoms with Gasteiger partial charge in [0.2, 0.25) is 0 Å². The standard InChI is InChI=1S/C24H24N2O8/c1-4-10-34-19-9-7-15(13-20(19)33-5-2)26-22(28)17(21(27)25-24(26)31)12-14-6-8-18(32-3)16(11-14)23(29)30/h6-9,11-13H,4-5,10H2,1-3H3,(H,29,30)(H,25,27,31)/b17-12+.